The summed E-state index contributed by atoms with van der Waals surface area (Å²) in [5, 5.41) is 13.2. The van der Waals surface area contributed by atoms with Gasteiger partial charge in [-0.25, -0.2) is 0 Å². The Morgan fingerprint density at radius 2 is 1.71 bits per heavy atom. The second-order valence-corrected chi connectivity index (χ2v) is 8.07. The summed E-state index contributed by atoms with van der Waals surface area (Å²) in [4.78, 5) is 27.3. The normalized spacial score (nSPS) is 26.3. The van der Waals surface area contributed by atoms with Gasteiger partial charge in [-0.15, -0.1) is 0 Å². The molecule has 0 saturated carbocycles. The van der Waals surface area contributed by atoms with Gasteiger partial charge in [0.1, 0.15) is 6.10 Å². The Morgan fingerprint density at radius 1 is 1.00 bits per heavy atom. The number of fused-ring (bicyclic) bond motifs is 1. The lowest BCUT2D eigenvalue weighted by Crippen LogP contribution is -2.57. The first-order chi connectivity index (χ1) is 15.1. The minimum absolute atomic E-state index is 0.103. The predicted molar refractivity (Wildman–Crippen MR) is 116 cm³/mol. The van der Waals surface area contributed by atoms with E-state index >= 15 is 0 Å². The molecule has 0 aliphatic carbocycles. The van der Waals surface area contributed by atoms with E-state index in [1.54, 1.807) is 17.0 Å². The van der Waals surface area contributed by atoms with Crippen molar-refractivity contribution in [1.82, 2.24) is 4.90 Å². The first-order valence-electron chi connectivity index (χ1n) is 10.7. The topological polar surface area (TPSA) is 88.1 Å². The number of aliphatic hydroxyl groups excluding tert-OH is 1. The number of amides is 2. The van der Waals surface area contributed by atoms with Gasteiger partial charge in [0.25, 0.3) is 5.91 Å². The average molecular weight is 424 g/mol. The molecule has 4 rings (SSSR count). The maximum atomic E-state index is 13.2. The van der Waals surface area contributed by atoms with Crippen molar-refractivity contribution in [3.05, 3.63) is 66.2 Å². The molecule has 2 aromatic carbocycles. The number of nitrogens with zero attached hydrogens (tertiary/aromatic N) is 1. The summed E-state index contributed by atoms with van der Waals surface area (Å²) in [5.74, 6) is -0.227. The summed E-state index contributed by atoms with van der Waals surface area (Å²) < 4.78 is 11.8. The first-order valence-corrected chi connectivity index (χ1v) is 10.7. The number of nitrogens with one attached hydrogen (secondary N) is 1. The molecular weight excluding hydrogens is 396 g/mol. The number of aliphatic hydroxyl groups is 1. The van der Waals surface area contributed by atoms with Crippen LogP contribution in [0.1, 0.15) is 29.6 Å². The molecule has 7 heteroatoms. The monoisotopic (exact) mass is 424 g/mol. The van der Waals surface area contributed by atoms with E-state index in [4.69, 9.17) is 9.47 Å². The van der Waals surface area contributed by atoms with E-state index in [2.05, 4.69) is 5.32 Å². The fraction of sp³-hybridized carbons (Fsp3) is 0.417. The van der Waals surface area contributed by atoms with Crippen LogP contribution in [0.3, 0.4) is 0 Å². The Bertz CT molecular complexity index is 876. The highest BCUT2D eigenvalue weighted by Gasteiger charge is 2.40. The maximum absolute atomic E-state index is 13.2. The molecule has 2 aliphatic rings. The smallest absolute Gasteiger partial charge is 0.254 e. The molecule has 4 atom stereocenters. The lowest BCUT2D eigenvalue weighted by molar-refractivity contribution is -0.149. The molecule has 2 saturated heterocycles. The van der Waals surface area contributed by atoms with Crippen molar-refractivity contribution in [2.24, 2.45) is 0 Å². The quantitative estimate of drug-likeness (QED) is 0.787. The number of carbonyl (C=O) groups excluding carboxylic acids is 2. The molecule has 0 spiro atoms. The standard InChI is InChI=1S/C24H28N2O5/c27-19-14-26(24(29)17-7-3-1-4-8-17)21-12-11-20(31-22(21)16-30-15-19)13-23(28)25-18-9-5-2-6-10-18/h1-10,19-22,27H,11-16H2,(H,25,28)/t19-,20-,21+,22-/m0/s1. The zero-order valence-corrected chi connectivity index (χ0v) is 17.4. The third kappa shape index (κ3) is 5.50. The van der Waals surface area contributed by atoms with Crippen LogP contribution in [-0.2, 0) is 14.3 Å². The van der Waals surface area contributed by atoms with Crippen molar-refractivity contribution in [2.45, 2.75) is 43.6 Å². The summed E-state index contributed by atoms with van der Waals surface area (Å²) in [5.41, 5.74) is 1.34. The van der Waals surface area contributed by atoms with E-state index in [9.17, 15) is 14.7 Å². The van der Waals surface area contributed by atoms with Gasteiger partial charge in [0.05, 0.1) is 37.9 Å². The molecule has 7 nitrogen and oxygen atoms in total. The van der Waals surface area contributed by atoms with Crippen LogP contribution < -0.4 is 5.32 Å². The fourth-order valence-corrected chi connectivity index (χ4v) is 4.26. The van der Waals surface area contributed by atoms with Crippen molar-refractivity contribution < 1.29 is 24.2 Å². The first kappa shape index (κ1) is 21.5. The number of ether oxygens (including phenoxy) is 2. The number of rotatable bonds is 4. The molecule has 2 amide bonds. The van der Waals surface area contributed by atoms with Gasteiger partial charge in [0.2, 0.25) is 5.91 Å². The number of β-amino-alcohol motifs (C(OH)–C–C–N with tert-alkyl or cyclic N) is 1. The molecule has 0 unspecified atom stereocenters. The Kier molecular flexibility index (Phi) is 6.96. The summed E-state index contributed by atoms with van der Waals surface area (Å²) >= 11 is 0. The zero-order chi connectivity index (χ0) is 21.6. The molecule has 2 aliphatic heterocycles. The van der Waals surface area contributed by atoms with Crippen LogP contribution in [0.15, 0.2) is 60.7 Å². The third-order valence-corrected chi connectivity index (χ3v) is 5.73. The molecule has 2 fully saturated rings. The van der Waals surface area contributed by atoms with E-state index in [1.807, 2.05) is 48.5 Å². The van der Waals surface area contributed by atoms with Crippen molar-refractivity contribution in [1.29, 1.82) is 0 Å². The Labute approximate surface area is 182 Å². The van der Waals surface area contributed by atoms with Crippen LogP contribution in [-0.4, -0.2) is 65.9 Å². The third-order valence-electron chi connectivity index (χ3n) is 5.73. The van der Waals surface area contributed by atoms with E-state index in [0.29, 0.717) is 18.4 Å². The van der Waals surface area contributed by atoms with Crippen molar-refractivity contribution in [2.75, 3.05) is 25.1 Å². The number of para-hydroxylation sites is 1. The number of anilines is 1. The minimum Gasteiger partial charge on any atom is -0.389 e. The largest absolute Gasteiger partial charge is 0.389 e. The molecule has 0 aromatic heterocycles. The van der Waals surface area contributed by atoms with E-state index in [-0.39, 0.29) is 56.2 Å². The highest BCUT2D eigenvalue weighted by Crippen LogP contribution is 2.29. The summed E-state index contributed by atoms with van der Waals surface area (Å²) in [7, 11) is 0. The Hall–Kier alpha value is -2.74. The fourth-order valence-electron chi connectivity index (χ4n) is 4.26. The lowest BCUT2D eigenvalue weighted by atomic mass is 9.94. The van der Waals surface area contributed by atoms with E-state index in [0.717, 1.165) is 5.69 Å². The molecule has 31 heavy (non-hydrogen) atoms. The van der Waals surface area contributed by atoms with E-state index in [1.165, 1.54) is 0 Å². The van der Waals surface area contributed by atoms with Crippen molar-refractivity contribution in [3.63, 3.8) is 0 Å². The Morgan fingerprint density at radius 3 is 2.45 bits per heavy atom. The molecule has 2 heterocycles. The van der Waals surface area contributed by atoms with Crippen LogP contribution in [0.5, 0.6) is 0 Å². The molecule has 164 valence electrons. The predicted octanol–water partition coefficient (Wildman–Crippen LogP) is 2.46. The highest BCUT2D eigenvalue weighted by atomic mass is 16.5. The average Bonchev–Trinajstić information content (AvgIpc) is 2.77. The minimum atomic E-state index is -0.747. The molecule has 0 radical (unpaired) electrons. The van der Waals surface area contributed by atoms with Crippen molar-refractivity contribution in [3.8, 4) is 0 Å². The molecule has 2 N–H and O–H groups in total. The number of benzene rings is 2. The zero-order valence-electron chi connectivity index (χ0n) is 17.4. The van der Waals surface area contributed by atoms with Gasteiger partial charge in [-0.3, -0.25) is 9.59 Å². The number of carbonyl (C=O) groups is 2. The summed E-state index contributed by atoms with van der Waals surface area (Å²) in [6.07, 6.45) is 0.242. The summed E-state index contributed by atoms with van der Waals surface area (Å²) in [6.45, 7) is 0.610. The second-order valence-electron chi connectivity index (χ2n) is 8.07. The van der Waals surface area contributed by atoms with Gasteiger partial charge in [-0.2, -0.15) is 0 Å². The van der Waals surface area contributed by atoms with Crippen molar-refractivity contribution >= 4 is 17.5 Å². The van der Waals surface area contributed by atoms with Crippen LogP contribution in [0.25, 0.3) is 0 Å². The number of hydrogen-bond donors (Lipinski definition) is 2. The van der Waals surface area contributed by atoms with Gasteiger partial charge >= 0.3 is 0 Å². The molecule has 2 aromatic rings. The molecule has 0 bridgehead atoms. The van der Waals surface area contributed by atoms with Crippen LogP contribution in [0.4, 0.5) is 5.69 Å². The SMILES string of the molecule is O=C(C[C@@H]1CC[C@@H]2[C@H](COC[C@@H](O)CN2C(=O)c2ccccc2)O1)Nc1ccccc1. The highest BCUT2D eigenvalue weighted by molar-refractivity contribution is 5.94. The van der Waals surface area contributed by atoms with Gasteiger partial charge in [0, 0.05) is 17.8 Å². The van der Waals surface area contributed by atoms with Gasteiger partial charge in [0.15, 0.2) is 0 Å². The van der Waals surface area contributed by atoms with Crippen LogP contribution >= 0.6 is 0 Å². The Balaban J connectivity index is 1.43. The second kappa shape index (κ2) is 10.0. The summed E-state index contributed by atoms with van der Waals surface area (Å²) in [6, 6.07) is 18.2. The lowest BCUT2D eigenvalue weighted by Gasteiger charge is -2.44. The van der Waals surface area contributed by atoms with E-state index < -0.39 is 6.10 Å². The van der Waals surface area contributed by atoms with Gasteiger partial charge < -0.3 is 24.8 Å². The van der Waals surface area contributed by atoms with Gasteiger partial charge in [-0.05, 0) is 37.1 Å². The van der Waals surface area contributed by atoms with Crippen LogP contribution in [0, 0.1) is 0 Å². The molecular formula is C24H28N2O5. The number of hydrogen-bond acceptors (Lipinski definition) is 5. The van der Waals surface area contributed by atoms with Crippen LogP contribution in [0.2, 0.25) is 0 Å². The maximum Gasteiger partial charge on any atom is 0.254 e. The van der Waals surface area contributed by atoms with Gasteiger partial charge in [-0.1, -0.05) is 36.4 Å².